The Balaban J connectivity index is 2.04. The lowest BCUT2D eigenvalue weighted by Gasteiger charge is -2.13. The van der Waals surface area contributed by atoms with Crippen molar-refractivity contribution in [2.75, 3.05) is 17.2 Å². The maximum atomic E-state index is 13.1. The van der Waals surface area contributed by atoms with Gasteiger partial charge in [0.05, 0.1) is 29.3 Å². The van der Waals surface area contributed by atoms with Gasteiger partial charge in [-0.05, 0) is 26.0 Å². The maximum Gasteiger partial charge on any atom is 0.387 e. The fraction of sp³-hybridized carbons (Fsp3) is 0.333. The van der Waals surface area contributed by atoms with E-state index in [2.05, 4.69) is 20.5 Å². The van der Waals surface area contributed by atoms with Gasteiger partial charge in [0.2, 0.25) is 5.91 Å². The van der Waals surface area contributed by atoms with Gasteiger partial charge < -0.3 is 15.4 Å². The summed E-state index contributed by atoms with van der Waals surface area (Å²) in [5, 5.41) is 9.52. The number of alkyl halides is 2. The van der Waals surface area contributed by atoms with Crippen LogP contribution >= 0.6 is 0 Å². The van der Waals surface area contributed by atoms with Crippen LogP contribution in [0.1, 0.15) is 11.4 Å². The van der Waals surface area contributed by atoms with Crippen LogP contribution in [-0.2, 0) is 11.8 Å². The fourth-order valence-corrected chi connectivity index (χ4v) is 2.15. The Morgan fingerprint density at radius 1 is 1.38 bits per heavy atom. The molecule has 1 heterocycles. The van der Waals surface area contributed by atoms with Crippen LogP contribution in [0.4, 0.5) is 24.5 Å². The lowest BCUT2D eigenvalue weighted by Crippen LogP contribution is -2.22. The molecule has 2 rings (SSSR count). The van der Waals surface area contributed by atoms with Crippen LogP contribution in [0.15, 0.2) is 18.2 Å². The number of aryl methyl sites for hydroxylation is 2. The number of aromatic nitrogens is 2. The minimum Gasteiger partial charge on any atom is -0.433 e. The van der Waals surface area contributed by atoms with E-state index in [1.165, 1.54) is 6.07 Å². The number of anilines is 2. The smallest absolute Gasteiger partial charge is 0.387 e. The van der Waals surface area contributed by atoms with E-state index in [4.69, 9.17) is 0 Å². The number of carbonyl (C=O) groups is 1. The summed E-state index contributed by atoms with van der Waals surface area (Å²) in [6, 6.07) is 3.12. The molecule has 0 saturated heterocycles. The fourth-order valence-electron chi connectivity index (χ4n) is 2.15. The first-order valence-electron chi connectivity index (χ1n) is 7.06. The number of amides is 1. The zero-order valence-electron chi connectivity index (χ0n) is 13.4. The normalized spacial score (nSPS) is 10.8. The molecule has 0 aliphatic heterocycles. The monoisotopic (exact) mass is 342 g/mol. The van der Waals surface area contributed by atoms with Gasteiger partial charge in [-0.1, -0.05) is 0 Å². The molecule has 0 saturated carbocycles. The largest absolute Gasteiger partial charge is 0.433 e. The second-order valence-electron chi connectivity index (χ2n) is 5.09. The Labute approximate surface area is 136 Å². The summed E-state index contributed by atoms with van der Waals surface area (Å²) in [5.74, 6) is -1.49. The second kappa shape index (κ2) is 7.24. The van der Waals surface area contributed by atoms with Gasteiger partial charge in [0, 0.05) is 13.1 Å². The van der Waals surface area contributed by atoms with E-state index in [-0.39, 0.29) is 18.0 Å². The first-order chi connectivity index (χ1) is 11.3. The highest BCUT2D eigenvalue weighted by Crippen LogP contribution is 2.27. The average molecular weight is 342 g/mol. The first-order valence-corrected chi connectivity index (χ1v) is 7.06. The molecule has 0 aliphatic rings. The lowest BCUT2D eigenvalue weighted by molar-refractivity contribution is -0.114. The van der Waals surface area contributed by atoms with E-state index in [1.54, 1.807) is 25.6 Å². The lowest BCUT2D eigenvalue weighted by atomic mass is 10.2. The third kappa shape index (κ3) is 4.18. The van der Waals surface area contributed by atoms with Crippen LogP contribution in [-0.4, -0.2) is 28.8 Å². The van der Waals surface area contributed by atoms with E-state index in [0.717, 1.165) is 17.8 Å². The van der Waals surface area contributed by atoms with Crippen LogP contribution in [0.3, 0.4) is 0 Å². The van der Waals surface area contributed by atoms with Gasteiger partial charge in [0.15, 0.2) is 5.75 Å². The molecule has 1 aromatic heterocycles. The maximum absolute atomic E-state index is 13.1. The number of nitrogens with zero attached hydrogens (tertiary/aromatic N) is 2. The summed E-state index contributed by atoms with van der Waals surface area (Å²) in [5.41, 5.74) is 2.12. The van der Waals surface area contributed by atoms with Crippen molar-refractivity contribution in [3.05, 3.63) is 35.4 Å². The van der Waals surface area contributed by atoms with E-state index in [1.807, 2.05) is 0 Å². The molecule has 9 heteroatoms. The first kappa shape index (κ1) is 17.6. The third-order valence-electron chi connectivity index (χ3n) is 3.37. The number of ether oxygens (including phenoxy) is 1. The van der Waals surface area contributed by atoms with Gasteiger partial charge >= 0.3 is 6.61 Å². The van der Waals surface area contributed by atoms with Crippen molar-refractivity contribution < 1.29 is 22.7 Å². The molecule has 0 unspecified atom stereocenters. The van der Waals surface area contributed by atoms with Gasteiger partial charge in [-0.25, -0.2) is 4.39 Å². The molecule has 0 radical (unpaired) electrons. The molecule has 0 atom stereocenters. The van der Waals surface area contributed by atoms with Crippen molar-refractivity contribution in [1.29, 1.82) is 0 Å². The zero-order chi connectivity index (χ0) is 17.9. The Morgan fingerprint density at radius 3 is 2.67 bits per heavy atom. The number of hydrogen-bond acceptors (Lipinski definition) is 4. The molecule has 0 aliphatic carbocycles. The molecule has 6 nitrogen and oxygen atoms in total. The SMILES string of the molecule is Cc1nn(C)c(C)c1NC(=O)CNc1ccc(F)cc1OC(F)F. The molecule has 0 spiro atoms. The molecule has 24 heavy (non-hydrogen) atoms. The number of rotatable bonds is 6. The van der Waals surface area contributed by atoms with E-state index in [0.29, 0.717) is 11.4 Å². The minimum absolute atomic E-state index is 0.0893. The summed E-state index contributed by atoms with van der Waals surface area (Å²) in [6.07, 6.45) is 0. The Bertz CT molecular complexity index is 747. The molecular formula is C15H17F3N4O2. The third-order valence-corrected chi connectivity index (χ3v) is 3.37. The van der Waals surface area contributed by atoms with Gasteiger partial charge in [0.25, 0.3) is 0 Å². The predicted octanol–water partition coefficient (Wildman–Crippen LogP) is 2.83. The summed E-state index contributed by atoms with van der Waals surface area (Å²) in [7, 11) is 1.75. The van der Waals surface area contributed by atoms with Crippen LogP contribution in [0.5, 0.6) is 5.75 Å². The van der Waals surface area contributed by atoms with Crippen molar-refractivity contribution in [2.24, 2.45) is 7.05 Å². The number of carbonyl (C=O) groups excluding carboxylic acids is 1. The highest BCUT2D eigenvalue weighted by Gasteiger charge is 2.14. The topological polar surface area (TPSA) is 68.2 Å². The number of halogens is 3. The molecule has 1 aromatic carbocycles. The van der Waals surface area contributed by atoms with Crippen LogP contribution in [0.25, 0.3) is 0 Å². The Morgan fingerprint density at radius 2 is 2.08 bits per heavy atom. The highest BCUT2D eigenvalue weighted by molar-refractivity contribution is 5.94. The quantitative estimate of drug-likeness (QED) is 0.847. The molecule has 2 N–H and O–H groups in total. The second-order valence-corrected chi connectivity index (χ2v) is 5.09. The molecule has 1 amide bonds. The number of benzene rings is 1. The van der Waals surface area contributed by atoms with E-state index in [9.17, 15) is 18.0 Å². The van der Waals surface area contributed by atoms with Gasteiger partial charge in [-0.15, -0.1) is 0 Å². The standard InChI is InChI=1S/C15H17F3N4O2/c1-8-14(9(2)22(3)21-8)20-13(23)7-19-11-5-4-10(16)6-12(11)24-15(17)18/h4-6,15,19H,7H2,1-3H3,(H,20,23). The van der Waals surface area contributed by atoms with Crippen molar-refractivity contribution >= 4 is 17.3 Å². The van der Waals surface area contributed by atoms with Crippen molar-refractivity contribution in [2.45, 2.75) is 20.5 Å². The van der Waals surface area contributed by atoms with E-state index >= 15 is 0 Å². The number of nitrogens with one attached hydrogen (secondary N) is 2. The average Bonchev–Trinajstić information content (AvgIpc) is 2.72. The number of hydrogen-bond donors (Lipinski definition) is 2. The van der Waals surface area contributed by atoms with Crippen molar-refractivity contribution in [3.8, 4) is 5.75 Å². The minimum atomic E-state index is -3.10. The summed E-state index contributed by atoms with van der Waals surface area (Å²) in [4.78, 5) is 12.0. The van der Waals surface area contributed by atoms with Gasteiger partial charge in [-0.3, -0.25) is 9.48 Å². The Hall–Kier alpha value is -2.71. The molecule has 0 fully saturated rings. The summed E-state index contributed by atoms with van der Waals surface area (Å²) < 4.78 is 43.7. The molecule has 2 aromatic rings. The van der Waals surface area contributed by atoms with Crippen molar-refractivity contribution in [1.82, 2.24) is 9.78 Å². The van der Waals surface area contributed by atoms with Crippen molar-refractivity contribution in [3.63, 3.8) is 0 Å². The van der Waals surface area contributed by atoms with Gasteiger partial charge in [-0.2, -0.15) is 13.9 Å². The van der Waals surface area contributed by atoms with Crippen LogP contribution in [0, 0.1) is 19.7 Å². The molecular weight excluding hydrogens is 325 g/mol. The Kier molecular flexibility index (Phi) is 5.32. The van der Waals surface area contributed by atoms with Crippen LogP contribution < -0.4 is 15.4 Å². The summed E-state index contributed by atoms with van der Waals surface area (Å²) in [6.45, 7) is 0.253. The van der Waals surface area contributed by atoms with Crippen LogP contribution in [0.2, 0.25) is 0 Å². The van der Waals surface area contributed by atoms with E-state index < -0.39 is 18.3 Å². The molecule has 130 valence electrons. The zero-order valence-corrected chi connectivity index (χ0v) is 13.4. The summed E-state index contributed by atoms with van der Waals surface area (Å²) >= 11 is 0. The predicted molar refractivity (Wildman–Crippen MR) is 82.8 cm³/mol. The van der Waals surface area contributed by atoms with Gasteiger partial charge in [0.1, 0.15) is 5.82 Å². The molecule has 0 bridgehead atoms. The highest BCUT2D eigenvalue weighted by atomic mass is 19.3.